The van der Waals surface area contributed by atoms with Crippen molar-refractivity contribution < 1.29 is 8.42 Å². The number of hydrogen-bond acceptors (Lipinski definition) is 6. The third-order valence-corrected chi connectivity index (χ3v) is 4.78. The number of sulfonamides is 1. The molecule has 0 saturated heterocycles. The maximum absolute atomic E-state index is 12.2. The van der Waals surface area contributed by atoms with Gasteiger partial charge in [0.1, 0.15) is 5.01 Å². The molecular weight excluding hydrogens is 298 g/mol. The molecule has 0 aliphatic rings. The van der Waals surface area contributed by atoms with Crippen molar-refractivity contribution in [2.75, 3.05) is 6.54 Å². The number of hydrogen-bond donors (Lipinski definition) is 3. The lowest BCUT2D eigenvalue weighted by Crippen LogP contribution is -2.25. The number of aromatic nitrogens is 3. The summed E-state index contributed by atoms with van der Waals surface area (Å²) >= 11 is 1.41. The van der Waals surface area contributed by atoms with Gasteiger partial charge in [0, 0.05) is 23.7 Å². The molecular formula is C11H17N5O2S2. The lowest BCUT2D eigenvalue weighted by molar-refractivity contribution is 0.573. The van der Waals surface area contributed by atoms with E-state index in [-0.39, 0.29) is 11.6 Å². The van der Waals surface area contributed by atoms with E-state index in [9.17, 15) is 8.42 Å². The van der Waals surface area contributed by atoms with Crippen LogP contribution < -0.4 is 10.0 Å². The van der Waals surface area contributed by atoms with Gasteiger partial charge in [-0.1, -0.05) is 6.92 Å². The summed E-state index contributed by atoms with van der Waals surface area (Å²) in [5, 5.41) is 12.2. The van der Waals surface area contributed by atoms with Crippen LogP contribution in [0.15, 0.2) is 22.8 Å². The largest absolute Gasteiger partial charge is 0.313 e. The van der Waals surface area contributed by atoms with E-state index in [2.05, 4.69) is 32.1 Å². The second kappa shape index (κ2) is 6.93. The Kier molecular flexibility index (Phi) is 5.24. The summed E-state index contributed by atoms with van der Waals surface area (Å²) < 4.78 is 26.9. The Labute approximate surface area is 121 Å². The maximum atomic E-state index is 12.2. The van der Waals surface area contributed by atoms with Crippen molar-refractivity contribution in [3.8, 4) is 0 Å². The molecule has 0 amide bonds. The summed E-state index contributed by atoms with van der Waals surface area (Å²) in [5.41, 5.74) is 0.630. The molecule has 0 aromatic carbocycles. The highest BCUT2D eigenvalue weighted by atomic mass is 32.2. The zero-order chi connectivity index (χ0) is 14.4. The predicted molar refractivity (Wildman–Crippen MR) is 76.7 cm³/mol. The van der Waals surface area contributed by atoms with Gasteiger partial charge in [-0.25, -0.2) is 18.1 Å². The van der Waals surface area contributed by atoms with Gasteiger partial charge < -0.3 is 5.32 Å². The van der Waals surface area contributed by atoms with Crippen molar-refractivity contribution in [2.45, 2.75) is 31.5 Å². The van der Waals surface area contributed by atoms with E-state index in [1.165, 1.54) is 17.5 Å². The Morgan fingerprint density at radius 1 is 1.40 bits per heavy atom. The molecule has 0 aliphatic heterocycles. The van der Waals surface area contributed by atoms with E-state index in [1.54, 1.807) is 11.6 Å². The molecule has 2 rings (SSSR count). The van der Waals surface area contributed by atoms with Gasteiger partial charge in [0.15, 0.2) is 5.03 Å². The zero-order valence-corrected chi connectivity index (χ0v) is 12.7. The first kappa shape index (κ1) is 15.1. The Balaban J connectivity index is 2.03. The van der Waals surface area contributed by atoms with Crippen molar-refractivity contribution in [2.24, 2.45) is 0 Å². The van der Waals surface area contributed by atoms with E-state index in [0.717, 1.165) is 18.0 Å². The fourth-order valence-electron chi connectivity index (χ4n) is 1.63. The highest BCUT2D eigenvalue weighted by Crippen LogP contribution is 2.12. The highest BCUT2D eigenvalue weighted by molar-refractivity contribution is 7.89. The van der Waals surface area contributed by atoms with E-state index >= 15 is 0 Å². The lowest BCUT2D eigenvalue weighted by Gasteiger charge is -2.06. The number of aromatic amines is 1. The first-order valence-corrected chi connectivity index (χ1v) is 8.60. The zero-order valence-electron chi connectivity index (χ0n) is 11.1. The van der Waals surface area contributed by atoms with E-state index in [0.29, 0.717) is 12.1 Å². The smallest absolute Gasteiger partial charge is 0.258 e. The molecule has 7 nitrogen and oxygen atoms in total. The summed E-state index contributed by atoms with van der Waals surface area (Å²) in [5.74, 6) is 0. The molecule has 2 aromatic rings. The van der Waals surface area contributed by atoms with Crippen molar-refractivity contribution >= 4 is 21.4 Å². The van der Waals surface area contributed by atoms with E-state index in [4.69, 9.17) is 0 Å². The van der Waals surface area contributed by atoms with Gasteiger partial charge in [-0.05, 0) is 13.0 Å². The molecule has 110 valence electrons. The monoisotopic (exact) mass is 315 g/mol. The van der Waals surface area contributed by atoms with Crippen LogP contribution in [0.1, 0.15) is 23.9 Å². The van der Waals surface area contributed by atoms with E-state index in [1.807, 2.05) is 0 Å². The number of H-pyrrole nitrogens is 1. The van der Waals surface area contributed by atoms with Gasteiger partial charge >= 0.3 is 0 Å². The molecule has 9 heteroatoms. The molecule has 0 atom stereocenters. The molecule has 3 N–H and O–H groups in total. The first-order chi connectivity index (χ1) is 9.63. The lowest BCUT2D eigenvalue weighted by atomic mass is 10.3. The Hall–Kier alpha value is -1.29. The SMILES string of the molecule is CCCNCc1cn[nH]c1S(=O)(=O)NCc1nccs1. The van der Waals surface area contributed by atoms with Crippen LogP contribution in [0.3, 0.4) is 0 Å². The minimum atomic E-state index is -3.60. The average Bonchev–Trinajstić information content (AvgIpc) is 3.08. The van der Waals surface area contributed by atoms with Crippen molar-refractivity contribution in [1.82, 2.24) is 25.2 Å². The second-order valence-electron chi connectivity index (χ2n) is 4.15. The Morgan fingerprint density at radius 3 is 2.95 bits per heavy atom. The maximum Gasteiger partial charge on any atom is 0.258 e. The van der Waals surface area contributed by atoms with Gasteiger partial charge in [-0.15, -0.1) is 11.3 Å². The van der Waals surface area contributed by atoms with E-state index < -0.39 is 10.0 Å². The quantitative estimate of drug-likeness (QED) is 0.627. The summed E-state index contributed by atoms with van der Waals surface area (Å²) in [6.45, 7) is 3.53. The molecule has 0 spiro atoms. The van der Waals surface area contributed by atoms with Crippen molar-refractivity contribution in [3.05, 3.63) is 28.3 Å². The minimum absolute atomic E-state index is 0.109. The summed E-state index contributed by atoms with van der Waals surface area (Å²) in [6.07, 6.45) is 4.16. The van der Waals surface area contributed by atoms with Crippen molar-refractivity contribution in [1.29, 1.82) is 0 Å². The van der Waals surface area contributed by atoms with Gasteiger partial charge in [-0.2, -0.15) is 5.10 Å². The van der Waals surface area contributed by atoms with Crippen LogP contribution in [0, 0.1) is 0 Å². The summed E-state index contributed by atoms with van der Waals surface area (Å²) in [6, 6.07) is 0. The number of nitrogens with one attached hydrogen (secondary N) is 3. The van der Waals surface area contributed by atoms with Crippen LogP contribution in [0.2, 0.25) is 0 Å². The molecule has 0 aliphatic carbocycles. The highest BCUT2D eigenvalue weighted by Gasteiger charge is 2.20. The summed E-state index contributed by atoms with van der Waals surface area (Å²) in [7, 11) is -3.60. The molecule has 0 saturated carbocycles. The molecule has 2 aromatic heterocycles. The number of thiazole rings is 1. The molecule has 0 bridgehead atoms. The Morgan fingerprint density at radius 2 is 2.25 bits per heavy atom. The standard InChI is InChI=1S/C11H17N5O2S2/c1-2-3-12-6-9-7-14-16-11(9)20(17,18)15-8-10-13-4-5-19-10/h4-5,7,12,15H,2-3,6,8H2,1H3,(H,14,16). The number of rotatable bonds is 8. The first-order valence-electron chi connectivity index (χ1n) is 6.24. The molecule has 0 fully saturated rings. The van der Waals surface area contributed by atoms with Gasteiger partial charge in [-0.3, -0.25) is 5.10 Å². The molecule has 20 heavy (non-hydrogen) atoms. The minimum Gasteiger partial charge on any atom is -0.313 e. The molecule has 0 radical (unpaired) electrons. The Bertz CT molecular complexity index is 621. The summed E-state index contributed by atoms with van der Waals surface area (Å²) in [4.78, 5) is 4.04. The van der Waals surface area contributed by atoms with Crippen LogP contribution in [0.5, 0.6) is 0 Å². The third-order valence-electron chi connectivity index (χ3n) is 2.59. The fourth-order valence-corrected chi connectivity index (χ4v) is 3.39. The second-order valence-corrected chi connectivity index (χ2v) is 6.83. The topological polar surface area (TPSA) is 99.8 Å². The van der Waals surface area contributed by atoms with Crippen LogP contribution in [0.25, 0.3) is 0 Å². The van der Waals surface area contributed by atoms with Gasteiger partial charge in [0.25, 0.3) is 10.0 Å². The van der Waals surface area contributed by atoms with Crippen LogP contribution >= 0.6 is 11.3 Å². The van der Waals surface area contributed by atoms with Crippen molar-refractivity contribution in [3.63, 3.8) is 0 Å². The normalized spacial score (nSPS) is 11.8. The fraction of sp³-hybridized carbons (Fsp3) is 0.455. The molecule has 2 heterocycles. The van der Waals surface area contributed by atoms with Crippen LogP contribution in [-0.4, -0.2) is 30.1 Å². The third kappa shape index (κ3) is 3.85. The van der Waals surface area contributed by atoms with Crippen LogP contribution in [0.4, 0.5) is 0 Å². The van der Waals surface area contributed by atoms with Crippen LogP contribution in [-0.2, 0) is 23.1 Å². The van der Waals surface area contributed by atoms with Gasteiger partial charge in [0.2, 0.25) is 0 Å². The molecule has 0 unspecified atom stereocenters. The average molecular weight is 315 g/mol. The predicted octanol–water partition coefficient (Wildman–Crippen LogP) is 0.844. The number of nitrogens with zero attached hydrogens (tertiary/aromatic N) is 2. The van der Waals surface area contributed by atoms with Gasteiger partial charge in [0.05, 0.1) is 12.7 Å².